The first-order valence-electron chi connectivity index (χ1n) is 4.52. The fourth-order valence-corrected chi connectivity index (χ4v) is 1.19. The van der Waals surface area contributed by atoms with Gasteiger partial charge in [-0.1, -0.05) is 11.8 Å². The van der Waals surface area contributed by atoms with Crippen LogP contribution in [0, 0.1) is 18.8 Å². The van der Waals surface area contributed by atoms with Crippen LogP contribution in [0.4, 0.5) is 0 Å². The Morgan fingerprint density at radius 1 is 1.43 bits per heavy atom. The summed E-state index contributed by atoms with van der Waals surface area (Å²) >= 11 is 0. The molecule has 2 heteroatoms. The molecule has 2 N–H and O–H groups in total. The van der Waals surface area contributed by atoms with Crippen LogP contribution in [0.1, 0.15) is 27.9 Å². The van der Waals surface area contributed by atoms with Gasteiger partial charge in [-0.25, -0.2) is 0 Å². The highest BCUT2D eigenvalue weighted by molar-refractivity contribution is 5.76. The minimum Gasteiger partial charge on any atom is -0.330 e. The molecule has 2 nitrogen and oxygen atoms in total. The van der Waals surface area contributed by atoms with Gasteiger partial charge in [-0.2, -0.15) is 0 Å². The number of aryl methyl sites for hydroxylation is 1. The molecule has 0 aliphatic rings. The van der Waals surface area contributed by atoms with E-state index in [-0.39, 0.29) is 0 Å². The molecule has 0 spiro atoms. The molecule has 0 radical (unpaired) electrons. The van der Waals surface area contributed by atoms with Gasteiger partial charge in [-0.05, 0) is 30.7 Å². The second kappa shape index (κ2) is 5.21. The monoisotopic (exact) mass is 187 g/mol. The largest absolute Gasteiger partial charge is 0.330 e. The minimum absolute atomic E-state index is 0.569. The summed E-state index contributed by atoms with van der Waals surface area (Å²) in [6.45, 7) is 2.51. The molecule has 0 aromatic heterocycles. The Balaban J connectivity index is 2.93. The lowest BCUT2D eigenvalue weighted by atomic mass is 10.1. The minimum atomic E-state index is 0.569. The molecule has 72 valence electrons. The van der Waals surface area contributed by atoms with Crippen molar-refractivity contribution in [3.63, 3.8) is 0 Å². The number of carbonyl (C=O) groups excluding carboxylic acids is 1. The van der Waals surface area contributed by atoms with Crippen LogP contribution >= 0.6 is 0 Å². The van der Waals surface area contributed by atoms with Crippen molar-refractivity contribution in [3.8, 4) is 11.8 Å². The zero-order valence-electron chi connectivity index (χ0n) is 8.21. The van der Waals surface area contributed by atoms with Crippen molar-refractivity contribution in [1.29, 1.82) is 0 Å². The first-order chi connectivity index (χ1) is 6.76. The maximum absolute atomic E-state index is 10.6. The van der Waals surface area contributed by atoms with Crippen LogP contribution in [0.15, 0.2) is 18.2 Å². The average Bonchev–Trinajstić information content (AvgIpc) is 2.17. The van der Waals surface area contributed by atoms with E-state index in [1.54, 1.807) is 6.07 Å². The summed E-state index contributed by atoms with van der Waals surface area (Å²) in [5, 5.41) is 0. The fourth-order valence-electron chi connectivity index (χ4n) is 1.19. The Kier molecular flexibility index (Phi) is 3.90. The summed E-state index contributed by atoms with van der Waals surface area (Å²) in [5.74, 6) is 5.91. The quantitative estimate of drug-likeness (QED) is 0.563. The van der Waals surface area contributed by atoms with Crippen LogP contribution in [0.25, 0.3) is 0 Å². The maximum atomic E-state index is 10.6. The number of carbonyl (C=O) groups is 1. The van der Waals surface area contributed by atoms with Crippen LogP contribution in [0.5, 0.6) is 0 Å². The van der Waals surface area contributed by atoms with Crippen LogP contribution in [0.3, 0.4) is 0 Å². The number of hydrogen-bond donors (Lipinski definition) is 1. The lowest BCUT2D eigenvalue weighted by molar-refractivity contribution is 0.112. The first-order valence-corrected chi connectivity index (χ1v) is 4.52. The molecular weight excluding hydrogens is 174 g/mol. The van der Waals surface area contributed by atoms with E-state index < -0.39 is 0 Å². The van der Waals surface area contributed by atoms with Gasteiger partial charge in [0.25, 0.3) is 0 Å². The van der Waals surface area contributed by atoms with E-state index in [2.05, 4.69) is 11.8 Å². The van der Waals surface area contributed by atoms with Gasteiger partial charge >= 0.3 is 0 Å². The Hall–Kier alpha value is -1.59. The van der Waals surface area contributed by atoms with Crippen molar-refractivity contribution in [3.05, 3.63) is 34.9 Å². The number of benzene rings is 1. The number of rotatable bonds is 2. The third-order valence-corrected chi connectivity index (χ3v) is 1.74. The molecule has 0 atom stereocenters. The van der Waals surface area contributed by atoms with Gasteiger partial charge in [0.05, 0.1) is 0 Å². The van der Waals surface area contributed by atoms with Gasteiger partial charge in [0.1, 0.15) is 6.29 Å². The first kappa shape index (κ1) is 10.5. The average molecular weight is 187 g/mol. The van der Waals surface area contributed by atoms with Gasteiger partial charge in [-0.15, -0.1) is 0 Å². The predicted molar refractivity (Wildman–Crippen MR) is 57.1 cm³/mol. The molecule has 0 aliphatic heterocycles. The molecular formula is C12H13NO. The van der Waals surface area contributed by atoms with Gasteiger partial charge in [0, 0.05) is 24.1 Å². The molecule has 1 aromatic carbocycles. The highest BCUT2D eigenvalue weighted by Gasteiger charge is 1.94. The zero-order chi connectivity index (χ0) is 10.4. The van der Waals surface area contributed by atoms with Crippen LogP contribution in [-0.4, -0.2) is 12.8 Å². The van der Waals surface area contributed by atoms with Gasteiger partial charge in [-0.3, -0.25) is 4.79 Å². The summed E-state index contributed by atoms with van der Waals surface area (Å²) in [5.41, 5.74) is 7.91. The van der Waals surface area contributed by atoms with E-state index in [1.165, 1.54) is 0 Å². The fraction of sp³-hybridized carbons (Fsp3) is 0.250. The summed E-state index contributed by atoms with van der Waals surface area (Å²) in [7, 11) is 0. The Bertz CT molecular complexity index is 385. The van der Waals surface area contributed by atoms with Gasteiger partial charge in [0.2, 0.25) is 0 Å². The van der Waals surface area contributed by atoms with Crippen molar-refractivity contribution in [1.82, 2.24) is 0 Å². The van der Waals surface area contributed by atoms with Crippen LogP contribution in [-0.2, 0) is 0 Å². The van der Waals surface area contributed by atoms with Crippen molar-refractivity contribution in [2.75, 3.05) is 6.54 Å². The topological polar surface area (TPSA) is 43.1 Å². The molecule has 1 rings (SSSR count). The van der Waals surface area contributed by atoms with Crippen LogP contribution < -0.4 is 5.73 Å². The standard InChI is InChI=1S/C12H13NO/c1-10-6-11(4-2-3-5-13)8-12(7-10)9-14/h6-9H,3,5,13H2,1H3. The Morgan fingerprint density at radius 2 is 2.21 bits per heavy atom. The molecule has 14 heavy (non-hydrogen) atoms. The third kappa shape index (κ3) is 3.04. The highest BCUT2D eigenvalue weighted by atomic mass is 16.1. The normalized spacial score (nSPS) is 9.00. The molecule has 0 saturated carbocycles. The summed E-state index contributed by atoms with van der Waals surface area (Å²) in [6, 6.07) is 5.57. The summed E-state index contributed by atoms with van der Waals surface area (Å²) < 4.78 is 0. The number of aldehydes is 1. The molecule has 1 aromatic rings. The molecule has 0 heterocycles. The highest BCUT2D eigenvalue weighted by Crippen LogP contribution is 2.06. The lowest BCUT2D eigenvalue weighted by Gasteiger charge is -1.96. The van der Waals surface area contributed by atoms with E-state index in [0.29, 0.717) is 18.5 Å². The van der Waals surface area contributed by atoms with E-state index in [9.17, 15) is 4.79 Å². The van der Waals surface area contributed by atoms with Gasteiger partial charge < -0.3 is 5.73 Å². The smallest absolute Gasteiger partial charge is 0.150 e. The second-order valence-electron chi connectivity index (χ2n) is 3.09. The lowest BCUT2D eigenvalue weighted by Crippen LogP contribution is -1.95. The Labute approximate surface area is 84.1 Å². The number of hydrogen-bond acceptors (Lipinski definition) is 2. The number of nitrogens with two attached hydrogens (primary N) is 1. The molecule has 0 bridgehead atoms. The third-order valence-electron chi connectivity index (χ3n) is 1.74. The van der Waals surface area contributed by atoms with Crippen LogP contribution in [0.2, 0.25) is 0 Å². The van der Waals surface area contributed by atoms with Crippen molar-refractivity contribution in [2.24, 2.45) is 5.73 Å². The zero-order valence-corrected chi connectivity index (χ0v) is 8.21. The van der Waals surface area contributed by atoms with Gasteiger partial charge in [0.15, 0.2) is 0 Å². The molecule has 0 unspecified atom stereocenters. The second-order valence-corrected chi connectivity index (χ2v) is 3.09. The predicted octanol–water partition coefficient (Wildman–Crippen LogP) is 1.51. The molecule has 0 saturated heterocycles. The molecule has 0 aliphatic carbocycles. The maximum Gasteiger partial charge on any atom is 0.150 e. The van der Waals surface area contributed by atoms with Crippen molar-refractivity contribution in [2.45, 2.75) is 13.3 Å². The van der Waals surface area contributed by atoms with Crippen molar-refractivity contribution >= 4 is 6.29 Å². The SMILES string of the molecule is Cc1cc(C#CCCN)cc(C=O)c1. The van der Waals surface area contributed by atoms with E-state index in [0.717, 1.165) is 17.4 Å². The summed E-state index contributed by atoms with van der Waals surface area (Å²) in [6.07, 6.45) is 1.52. The molecule has 0 amide bonds. The van der Waals surface area contributed by atoms with Crippen molar-refractivity contribution < 1.29 is 4.79 Å². The van der Waals surface area contributed by atoms with E-state index in [4.69, 9.17) is 5.73 Å². The van der Waals surface area contributed by atoms with E-state index in [1.807, 2.05) is 19.1 Å². The van der Waals surface area contributed by atoms with E-state index >= 15 is 0 Å². The molecule has 0 fully saturated rings. The summed E-state index contributed by atoms with van der Waals surface area (Å²) in [4.78, 5) is 10.6. The Morgan fingerprint density at radius 3 is 2.86 bits per heavy atom.